The van der Waals surface area contributed by atoms with E-state index < -0.39 is 5.91 Å². The molecular weight excluding hydrogens is 354 g/mol. The third-order valence-corrected chi connectivity index (χ3v) is 3.99. The van der Waals surface area contributed by atoms with Crippen LogP contribution in [0, 0.1) is 11.3 Å². The number of nitrogens with zero attached hydrogens (tertiary/aromatic N) is 4. The monoisotopic (exact) mass is 365 g/mol. The maximum absolute atomic E-state index is 12.3. The van der Waals surface area contributed by atoms with Crippen LogP contribution >= 0.6 is 11.3 Å². The molecule has 26 heavy (non-hydrogen) atoms. The molecule has 0 radical (unpaired) electrons. The Morgan fingerprint density at radius 3 is 2.77 bits per heavy atom. The van der Waals surface area contributed by atoms with Gasteiger partial charge in [0.25, 0.3) is 5.91 Å². The van der Waals surface area contributed by atoms with E-state index in [1.54, 1.807) is 29.8 Å². The molecule has 0 unspecified atom stereocenters. The van der Waals surface area contributed by atoms with E-state index >= 15 is 0 Å². The Kier molecular flexibility index (Phi) is 4.87. The van der Waals surface area contributed by atoms with Crippen molar-refractivity contribution in [2.75, 3.05) is 5.32 Å². The zero-order valence-electron chi connectivity index (χ0n) is 13.1. The fourth-order valence-corrected chi connectivity index (χ4v) is 2.70. The van der Waals surface area contributed by atoms with Crippen LogP contribution in [0.15, 0.2) is 47.5 Å². The molecule has 0 aliphatic rings. The summed E-state index contributed by atoms with van der Waals surface area (Å²) < 4.78 is 0. The number of rotatable bonds is 4. The molecule has 3 aromatic rings. The molecule has 0 saturated heterocycles. The maximum Gasteiger partial charge on any atom is 0.268 e. The largest absolute Gasteiger partial charge is 0.504 e. The van der Waals surface area contributed by atoms with Crippen LogP contribution in [0.25, 0.3) is 17.5 Å². The first kappa shape index (κ1) is 17.1. The Hall–Kier alpha value is -3.77. The van der Waals surface area contributed by atoms with E-state index in [2.05, 4.69) is 20.5 Å². The quantitative estimate of drug-likeness (QED) is 0.368. The highest BCUT2D eigenvalue weighted by Crippen LogP contribution is 2.26. The summed E-state index contributed by atoms with van der Waals surface area (Å²) in [5.74, 6) is -1.27. The van der Waals surface area contributed by atoms with Gasteiger partial charge in [0.1, 0.15) is 23.0 Å². The van der Waals surface area contributed by atoms with Crippen molar-refractivity contribution in [1.82, 2.24) is 15.2 Å². The van der Waals surface area contributed by atoms with Gasteiger partial charge in [0.2, 0.25) is 0 Å². The molecule has 2 aromatic heterocycles. The van der Waals surface area contributed by atoms with Gasteiger partial charge in [0.15, 0.2) is 16.6 Å². The minimum atomic E-state index is -0.639. The first-order valence-electron chi connectivity index (χ1n) is 7.25. The van der Waals surface area contributed by atoms with Gasteiger partial charge >= 0.3 is 0 Å². The highest BCUT2D eigenvalue weighted by Gasteiger charge is 2.13. The van der Waals surface area contributed by atoms with Crippen molar-refractivity contribution in [2.24, 2.45) is 0 Å². The van der Waals surface area contributed by atoms with Gasteiger partial charge in [-0.2, -0.15) is 10.4 Å². The number of amides is 1. The van der Waals surface area contributed by atoms with Gasteiger partial charge in [-0.1, -0.05) is 6.07 Å². The molecule has 0 aliphatic heterocycles. The van der Waals surface area contributed by atoms with E-state index in [1.807, 2.05) is 0 Å². The Morgan fingerprint density at radius 2 is 2.08 bits per heavy atom. The van der Waals surface area contributed by atoms with Gasteiger partial charge in [0.05, 0.1) is 0 Å². The second kappa shape index (κ2) is 7.42. The Labute approximate surface area is 151 Å². The van der Waals surface area contributed by atoms with E-state index in [0.717, 1.165) is 0 Å². The van der Waals surface area contributed by atoms with Crippen LogP contribution in [0.2, 0.25) is 0 Å². The summed E-state index contributed by atoms with van der Waals surface area (Å²) in [7, 11) is 0. The van der Waals surface area contributed by atoms with Gasteiger partial charge in [-0.05, 0) is 35.9 Å². The predicted octanol–water partition coefficient (Wildman–Crippen LogP) is 2.56. The highest BCUT2D eigenvalue weighted by atomic mass is 32.1. The van der Waals surface area contributed by atoms with Crippen LogP contribution in [0.1, 0.15) is 5.56 Å². The number of aromatic hydroxyl groups is 2. The van der Waals surface area contributed by atoms with E-state index in [1.165, 1.54) is 35.6 Å². The Balaban J connectivity index is 1.78. The third-order valence-electron chi connectivity index (χ3n) is 3.23. The Bertz CT molecular complexity index is 1020. The van der Waals surface area contributed by atoms with Crippen molar-refractivity contribution < 1.29 is 15.0 Å². The van der Waals surface area contributed by atoms with E-state index in [9.17, 15) is 20.3 Å². The van der Waals surface area contributed by atoms with Crippen molar-refractivity contribution in [3.63, 3.8) is 0 Å². The van der Waals surface area contributed by atoms with Crippen LogP contribution in [0.5, 0.6) is 11.5 Å². The van der Waals surface area contributed by atoms with Crippen molar-refractivity contribution in [3.05, 3.63) is 53.0 Å². The molecule has 9 heteroatoms. The molecule has 0 atom stereocenters. The van der Waals surface area contributed by atoms with Gasteiger partial charge in [-0.3, -0.25) is 10.1 Å². The molecule has 0 fully saturated rings. The summed E-state index contributed by atoms with van der Waals surface area (Å²) in [4.78, 5) is 16.5. The van der Waals surface area contributed by atoms with Gasteiger partial charge in [0, 0.05) is 11.6 Å². The number of hydrogen-bond acceptors (Lipinski definition) is 8. The first-order chi connectivity index (χ1) is 12.6. The molecule has 0 spiro atoms. The summed E-state index contributed by atoms with van der Waals surface area (Å²) in [6, 6.07) is 9.25. The molecule has 0 bridgehead atoms. The van der Waals surface area contributed by atoms with E-state index in [0.29, 0.717) is 22.1 Å². The van der Waals surface area contributed by atoms with Crippen LogP contribution in [-0.2, 0) is 4.79 Å². The second-order valence-corrected chi connectivity index (χ2v) is 5.88. The lowest BCUT2D eigenvalue weighted by molar-refractivity contribution is -0.112. The SMILES string of the molecule is N#C/C(=C\c1ccc(O)c(O)c1)C(=O)Nc1nc(-c2cccnn2)cs1. The predicted molar refractivity (Wildman–Crippen MR) is 95.1 cm³/mol. The minimum Gasteiger partial charge on any atom is -0.504 e. The summed E-state index contributed by atoms with van der Waals surface area (Å²) in [6.45, 7) is 0. The maximum atomic E-state index is 12.3. The average molecular weight is 365 g/mol. The number of phenolic OH excluding ortho intramolecular Hbond substituents is 2. The van der Waals surface area contributed by atoms with Crippen molar-refractivity contribution in [2.45, 2.75) is 0 Å². The van der Waals surface area contributed by atoms with Crippen LogP contribution in [-0.4, -0.2) is 31.3 Å². The van der Waals surface area contributed by atoms with Crippen molar-refractivity contribution in [3.8, 4) is 29.0 Å². The number of carbonyl (C=O) groups is 1. The number of benzene rings is 1. The summed E-state index contributed by atoms with van der Waals surface area (Å²) >= 11 is 1.19. The molecule has 3 N–H and O–H groups in total. The summed E-state index contributed by atoms with van der Waals surface area (Å²) in [5.41, 5.74) is 1.35. The topological polar surface area (TPSA) is 132 Å². The average Bonchev–Trinajstić information content (AvgIpc) is 3.11. The van der Waals surface area contributed by atoms with E-state index in [-0.39, 0.29) is 17.1 Å². The zero-order chi connectivity index (χ0) is 18.5. The molecule has 3 rings (SSSR count). The van der Waals surface area contributed by atoms with Gasteiger partial charge in [-0.15, -0.1) is 16.4 Å². The number of nitriles is 1. The zero-order valence-corrected chi connectivity index (χ0v) is 13.9. The number of hydrogen-bond donors (Lipinski definition) is 3. The van der Waals surface area contributed by atoms with Crippen LogP contribution in [0.3, 0.4) is 0 Å². The lowest BCUT2D eigenvalue weighted by atomic mass is 10.1. The lowest BCUT2D eigenvalue weighted by Crippen LogP contribution is -2.13. The molecular formula is C17H11N5O3S. The molecule has 2 heterocycles. The normalized spacial score (nSPS) is 11.0. The number of nitrogens with one attached hydrogen (secondary N) is 1. The van der Waals surface area contributed by atoms with E-state index in [4.69, 9.17) is 0 Å². The van der Waals surface area contributed by atoms with Gasteiger partial charge < -0.3 is 10.2 Å². The van der Waals surface area contributed by atoms with Crippen molar-refractivity contribution >= 4 is 28.5 Å². The molecule has 1 amide bonds. The van der Waals surface area contributed by atoms with Crippen molar-refractivity contribution in [1.29, 1.82) is 5.26 Å². The number of anilines is 1. The molecule has 0 aliphatic carbocycles. The molecule has 8 nitrogen and oxygen atoms in total. The smallest absolute Gasteiger partial charge is 0.268 e. The van der Waals surface area contributed by atoms with Crippen LogP contribution in [0.4, 0.5) is 5.13 Å². The summed E-state index contributed by atoms with van der Waals surface area (Å²) in [6.07, 6.45) is 2.84. The summed E-state index contributed by atoms with van der Waals surface area (Å²) in [5, 5.41) is 40.3. The number of thiazole rings is 1. The van der Waals surface area contributed by atoms with Gasteiger partial charge in [-0.25, -0.2) is 4.98 Å². The van der Waals surface area contributed by atoms with Crippen LogP contribution < -0.4 is 5.32 Å². The first-order valence-corrected chi connectivity index (χ1v) is 8.13. The highest BCUT2D eigenvalue weighted by molar-refractivity contribution is 7.14. The lowest BCUT2D eigenvalue weighted by Gasteiger charge is -2.02. The number of phenols is 2. The fourth-order valence-electron chi connectivity index (χ4n) is 2.00. The fraction of sp³-hybridized carbons (Fsp3) is 0. The number of carbonyl (C=O) groups excluding carboxylic acids is 1. The molecule has 128 valence electrons. The minimum absolute atomic E-state index is 0.175. The molecule has 0 saturated carbocycles. The standard InChI is InChI=1S/C17H11N5O3S/c18-8-11(6-10-3-4-14(23)15(24)7-10)16(25)21-17-20-13(9-26-17)12-2-1-5-19-22-12/h1-7,9,23-24H,(H,20,21,25)/b11-6+. The molecule has 1 aromatic carbocycles. The second-order valence-electron chi connectivity index (χ2n) is 5.02. The third kappa shape index (κ3) is 3.82. The number of aromatic nitrogens is 3. The Morgan fingerprint density at radius 1 is 1.23 bits per heavy atom.